The molecule has 0 spiro atoms. The monoisotopic (exact) mass is 334 g/mol. The number of esters is 1. The molecule has 1 heterocycles. The lowest BCUT2D eigenvalue weighted by molar-refractivity contribution is 0.0525. The first kappa shape index (κ1) is 14.6. The van der Waals surface area contributed by atoms with Crippen LogP contribution in [0.5, 0.6) is 0 Å². The quantitative estimate of drug-likeness (QED) is 0.785. The Hall–Kier alpha value is -0.820. The molecule has 0 unspecified atom stereocenters. The lowest BCUT2D eigenvalue weighted by atomic mass is 10.4. The molecule has 1 aromatic heterocycles. The van der Waals surface area contributed by atoms with E-state index < -0.39 is 5.97 Å². The first-order valence-electron chi connectivity index (χ1n) is 5.23. The summed E-state index contributed by atoms with van der Waals surface area (Å²) in [6, 6.07) is 5.15. The summed E-state index contributed by atoms with van der Waals surface area (Å²) in [5.41, 5.74) is 0. The minimum Gasteiger partial charge on any atom is -0.461 e. The number of hydrogen-bond donors (Lipinski definition) is 0. The van der Waals surface area contributed by atoms with Gasteiger partial charge in [-0.05, 0) is 25.1 Å². The van der Waals surface area contributed by atoms with Gasteiger partial charge in [-0.1, -0.05) is 46.3 Å². The third-order valence-corrected chi connectivity index (χ3v) is 4.64. The fourth-order valence-corrected chi connectivity index (χ4v) is 3.41. The zero-order chi connectivity index (χ0) is 13.8. The van der Waals surface area contributed by atoms with Gasteiger partial charge in [-0.3, -0.25) is 0 Å². The molecule has 4 nitrogen and oxygen atoms in total. The molecule has 8 heteroatoms. The molecule has 0 atom stereocenters. The Balaban J connectivity index is 2.15. The van der Waals surface area contributed by atoms with Crippen molar-refractivity contribution in [3.63, 3.8) is 0 Å². The first-order chi connectivity index (χ1) is 9.10. The average Bonchev–Trinajstić information content (AvgIpc) is 2.83. The number of aromatic nitrogens is 2. The maximum Gasteiger partial charge on any atom is 0.369 e. The Morgan fingerprint density at radius 3 is 2.95 bits per heavy atom. The third kappa shape index (κ3) is 3.82. The minimum absolute atomic E-state index is 0.225. The van der Waals surface area contributed by atoms with E-state index >= 15 is 0 Å². The van der Waals surface area contributed by atoms with Gasteiger partial charge in [0.15, 0.2) is 4.34 Å². The van der Waals surface area contributed by atoms with E-state index in [1.165, 1.54) is 11.8 Å². The Labute approximate surface area is 128 Å². The van der Waals surface area contributed by atoms with Crippen LogP contribution in [0, 0.1) is 0 Å². The van der Waals surface area contributed by atoms with E-state index in [1.54, 1.807) is 25.1 Å². The summed E-state index contributed by atoms with van der Waals surface area (Å²) < 4.78 is 5.45. The summed E-state index contributed by atoms with van der Waals surface area (Å²) in [6.07, 6.45) is 0. The molecule has 0 saturated heterocycles. The predicted molar refractivity (Wildman–Crippen MR) is 76.5 cm³/mol. The largest absolute Gasteiger partial charge is 0.461 e. The van der Waals surface area contributed by atoms with E-state index in [0.717, 1.165) is 16.2 Å². The molecule has 0 aliphatic carbocycles. The van der Waals surface area contributed by atoms with Gasteiger partial charge in [-0.2, -0.15) is 0 Å². The second-order valence-electron chi connectivity index (χ2n) is 3.27. The van der Waals surface area contributed by atoms with Crippen LogP contribution in [0.3, 0.4) is 0 Å². The van der Waals surface area contributed by atoms with E-state index in [2.05, 4.69) is 10.2 Å². The smallest absolute Gasteiger partial charge is 0.369 e. The number of hydrogen-bond acceptors (Lipinski definition) is 6. The van der Waals surface area contributed by atoms with Crippen LogP contribution < -0.4 is 0 Å². The van der Waals surface area contributed by atoms with Crippen molar-refractivity contribution in [3.05, 3.63) is 33.3 Å². The lowest BCUT2D eigenvalue weighted by Gasteiger charge is -2.00. The summed E-state index contributed by atoms with van der Waals surface area (Å²) >= 11 is 14.4. The number of benzene rings is 1. The van der Waals surface area contributed by atoms with Gasteiger partial charge < -0.3 is 4.74 Å². The zero-order valence-electron chi connectivity index (χ0n) is 9.72. The molecular weight excluding hydrogens is 327 g/mol. The fraction of sp³-hybridized carbons (Fsp3) is 0.182. The van der Waals surface area contributed by atoms with Gasteiger partial charge in [-0.25, -0.2) is 4.79 Å². The molecule has 1 aromatic carbocycles. The minimum atomic E-state index is -0.468. The standard InChI is InChI=1S/C11H8Cl2N2O2S2/c1-2-17-10(16)9-14-15-11(19-9)18-8-5-6(12)3-4-7(8)13/h3-5H,2H2,1H3. The molecule has 0 aliphatic rings. The summed E-state index contributed by atoms with van der Waals surface area (Å²) in [4.78, 5) is 12.2. The maximum absolute atomic E-state index is 11.5. The third-order valence-electron chi connectivity index (χ3n) is 1.95. The molecule has 0 amide bonds. The Morgan fingerprint density at radius 2 is 2.21 bits per heavy atom. The fourth-order valence-electron chi connectivity index (χ4n) is 1.18. The Bertz CT molecular complexity index is 604. The highest BCUT2D eigenvalue weighted by molar-refractivity contribution is 8.01. The second kappa shape index (κ2) is 6.56. The molecule has 0 N–H and O–H groups in total. The highest BCUT2D eigenvalue weighted by atomic mass is 35.5. The normalized spacial score (nSPS) is 10.5. The van der Waals surface area contributed by atoms with Gasteiger partial charge >= 0.3 is 5.97 Å². The lowest BCUT2D eigenvalue weighted by Crippen LogP contribution is -2.03. The van der Waals surface area contributed by atoms with Crippen LogP contribution in [0.25, 0.3) is 0 Å². The Kier molecular flexibility index (Phi) is 5.04. The number of rotatable bonds is 4. The van der Waals surface area contributed by atoms with Crippen LogP contribution >= 0.6 is 46.3 Å². The molecule has 0 bridgehead atoms. The van der Waals surface area contributed by atoms with Gasteiger partial charge in [0.1, 0.15) is 0 Å². The van der Waals surface area contributed by atoms with Crippen molar-refractivity contribution in [2.45, 2.75) is 16.2 Å². The highest BCUT2D eigenvalue weighted by Gasteiger charge is 2.15. The number of carbonyl (C=O) groups is 1. The van der Waals surface area contributed by atoms with Crippen LogP contribution in [0.2, 0.25) is 10.0 Å². The summed E-state index contributed by atoms with van der Waals surface area (Å²) in [5, 5.41) is 9.08. The molecule has 0 radical (unpaired) electrons. The molecule has 2 aromatic rings. The van der Waals surface area contributed by atoms with Gasteiger partial charge in [-0.15, -0.1) is 10.2 Å². The molecule has 2 rings (SSSR count). The molecule has 19 heavy (non-hydrogen) atoms. The first-order valence-corrected chi connectivity index (χ1v) is 7.62. The number of halogens is 2. The maximum atomic E-state index is 11.5. The molecular formula is C11H8Cl2N2O2S2. The van der Waals surface area contributed by atoms with Crippen molar-refractivity contribution in [1.82, 2.24) is 10.2 Å². The number of ether oxygens (including phenoxy) is 1. The molecule has 0 aliphatic heterocycles. The molecule has 100 valence electrons. The van der Waals surface area contributed by atoms with Gasteiger partial charge in [0.05, 0.1) is 11.6 Å². The van der Waals surface area contributed by atoms with Gasteiger partial charge in [0.25, 0.3) is 0 Å². The topological polar surface area (TPSA) is 52.1 Å². The van der Waals surface area contributed by atoms with E-state index in [0.29, 0.717) is 21.0 Å². The van der Waals surface area contributed by atoms with Crippen LogP contribution in [0.15, 0.2) is 27.4 Å². The van der Waals surface area contributed by atoms with Crippen LogP contribution in [0.1, 0.15) is 16.7 Å². The van der Waals surface area contributed by atoms with E-state index in [-0.39, 0.29) is 5.01 Å². The van der Waals surface area contributed by atoms with Crippen molar-refractivity contribution < 1.29 is 9.53 Å². The van der Waals surface area contributed by atoms with Crippen molar-refractivity contribution in [2.24, 2.45) is 0 Å². The van der Waals surface area contributed by atoms with Crippen molar-refractivity contribution >= 4 is 52.3 Å². The van der Waals surface area contributed by atoms with Gasteiger partial charge in [0.2, 0.25) is 5.01 Å². The van der Waals surface area contributed by atoms with Crippen LogP contribution in [-0.2, 0) is 4.74 Å². The number of nitrogens with zero attached hydrogens (tertiary/aromatic N) is 2. The Morgan fingerprint density at radius 1 is 1.42 bits per heavy atom. The summed E-state index contributed by atoms with van der Waals surface area (Å²) in [6.45, 7) is 2.04. The molecule has 0 saturated carbocycles. The van der Waals surface area contributed by atoms with Crippen LogP contribution in [0.4, 0.5) is 0 Å². The SMILES string of the molecule is CCOC(=O)c1nnc(Sc2cc(Cl)ccc2Cl)s1. The van der Waals surface area contributed by atoms with E-state index in [9.17, 15) is 4.79 Å². The highest BCUT2D eigenvalue weighted by Crippen LogP contribution is 2.36. The average molecular weight is 335 g/mol. The predicted octanol–water partition coefficient (Wildman–Crippen LogP) is 4.17. The van der Waals surface area contributed by atoms with Gasteiger partial charge in [0, 0.05) is 9.92 Å². The summed E-state index contributed by atoms with van der Waals surface area (Å²) in [5.74, 6) is -0.468. The molecule has 0 fully saturated rings. The number of carbonyl (C=O) groups excluding carboxylic acids is 1. The van der Waals surface area contributed by atoms with Crippen molar-refractivity contribution in [1.29, 1.82) is 0 Å². The van der Waals surface area contributed by atoms with Crippen molar-refractivity contribution in [3.8, 4) is 0 Å². The van der Waals surface area contributed by atoms with Crippen molar-refractivity contribution in [2.75, 3.05) is 6.61 Å². The summed E-state index contributed by atoms with van der Waals surface area (Å²) in [7, 11) is 0. The zero-order valence-corrected chi connectivity index (χ0v) is 12.9. The van der Waals surface area contributed by atoms with Crippen LogP contribution in [-0.4, -0.2) is 22.8 Å². The van der Waals surface area contributed by atoms with E-state index in [4.69, 9.17) is 27.9 Å². The second-order valence-corrected chi connectivity index (χ2v) is 6.38. The van der Waals surface area contributed by atoms with E-state index in [1.807, 2.05) is 0 Å².